The summed E-state index contributed by atoms with van der Waals surface area (Å²) in [7, 11) is 3.28. The minimum Gasteiger partial charge on any atom is -0.497 e. The zero-order valence-electron chi connectivity index (χ0n) is 36.8. The number of methoxy groups -OCH3 is 2. The Morgan fingerprint density at radius 3 is 2.21 bits per heavy atom. The van der Waals surface area contributed by atoms with Crippen LogP contribution in [0.2, 0.25) is 0 Å². The summed E-state index contributed by atoms with van der Waals surface area (Å²) in [5.74, 6) is 1.60. The smallest absolute Gasteiger partial charge is 0.189 e. The largest absolute Gasteiger partial charge is 0.497 e. The third-order valence-electron chi connectivity index (χ3n) is 16.5. The maximum Gasteiger partial charge on any atom is 0.189 e. The van der Waals surface area contributed by atoms with Gasteiger partial charge in [0.2, 0.25) is 0 Å². The predicted molar refractivity (Wildman–Crippen MR) is 242 cm³/mol. The molecule has 6 aliphatic rings. The van der Waals surface area contributed by atoms with Crippen LogP contribution < -0.4 is 9.47 Å². The molecule has 8 nitrogen and oxygen atoms in total. The topological polar surface area (TPSA) is 109 Å². The molecular formula is C54H63NO7. The predicted octanol–water partition coefficient (Wildman–Crippen LogP) is 9.22. The number of fused-ring (bicyclic) bond motifs is 1. The second-order valence-corrected chi connectivity index (χ2v) is 19.6. The molecule has 0 amide bonds. The van der Waals surface area contributed by atoms with Gasteiger partial charge in [0, 0.05) is 58.6 Å². The molecule has 0 heterocycles. The molecule has 0 aromatic heterocycles. The van der Waals surface area contributed by atoms with Gasteiger partial charge in [0.1, 0.15) is 11.5 Å². The second kappa shape index (κ2) is 16.5. The van der Waals surface area contributed by atoms with Crippen molar-refractivity contribution in [3.8, 4) is 22.6 Å². The minimum atomic E-state index is -1.13. The first kappa shape index (κ1) is 42.7. The second-order valence-electron chi connectivity index (χ2n) is 19.6. The number of rotatable bonds is 15. The van der Waals surface area contributed by atoms with Gasteiger partial charge in [0.15, 0.2) is 5.78 Å². The Bertz CT molecular complexity index is 2310. The molecule has 0 aliphatic heterocycles. The normalized spacial score (nSPS) is 32.4. The van der Waals surface area contributed by atoms with Gasteiger partial charge < -0.3 is 29.5 Å². The molecular weight excluding hydrogens is 775 g/mol. The molecule has 3 saturated carbocycles. The van der Waals surface area contributed by atoms with E-state index in [1.807, 2.05) is 78.9 Å². The number of nitrogens with zero attached hydrogens (tertiary/aromatic N) is 1. The molecule has 0 radical (unpaired) electrons. The molecule has 9 atom stereocenters. The van der Waals surface area contributed by atoms with E-state index in [9.17, 15) is 15.3 Å². The highest BCUT2D eigenvalue weighted by atomic mass is 16.5. The van der Waals surface area contributed by atoms with E-state index in [1.165, 1.54) is 0 Å². The molecule has 9 unspecified atom stereocenters. The van der Waals surface area contributed by atoms with Crippen LogP contribution in [0.25, 0.3) is 11.1 Å². The lowest BCUT2D eigenvalue weighted by Gasteiger charge is -2.71. The Balaban J connectivity index is 1.05. The van der Waals surface area contributed by atoms with Crippen molar-refractivity contribution in [3.05, 3.63) is 144 Å². The number of allylic oxidation sites excluding steroid dienone is 4. The van der Waals surface area contributed by atoms with E-state index < -0.39 is 34.1 Å². The summed E-state index contributed by atoms with van der Waals surface area (Å²) in [6.07, 6.45) is 11.1. The zero-order chi connectivity index (χ0) is 43.3. The Kier molecular flexibility index (Phi) is 11.4. The summed E-state index contributed by atoms with van der Waals surface area (Å²) in [5.41, 5.74) is 2.84. The first-order chi connectivity index (χ1) is 29.9. The zero-order valence-corrected chi connectivity index (χ0v) is 36.8. The standard InChI is InChI=1S/C54H63NO7/c1-50-24-21-42(56)30-52(50)27-28-54(45(31-52)49(58)40-17-15-39(16-18-40)38-13-9-6-10-14-38)47(50)22-25-51(2)48(54)23-26-53(51,59)36-55(32-41-19-20-44(60-3)29-46(41)61-4)33-43(57)35-62-34-37-11-7-5-8-12-37/h5-20,27-29,31,42-43,47-48,56-57,59H,21-26,30,32-36H2,1-4H3. The van der Waals surface area contributed by atoms with Gasteiger partial charge in [-0.15, -0.1) is 0 Å². The summed E-state index contributed by atoms with van der Waals surface area (Å²) in [5, 5.41) is 36.1. The van der Waals surface area contributed by atoms with E-state index in [0.717, 1.165) is 59.9 Å². The number of ether oxygens (including phenoxy) is 3. The first-order valence-electron chi connectivity index (χ1n) is 22.6. The molecule has 6 aliphatic carbocycles. The summed E-state index contributed by atoms with van der Waals surface area (Å²) < 4.78 is 17.4. The monoisotopic (exact) mass is 837 g/mol. The van der Waals surface area contributed by atoms with Crippen molar-refractivity contribution in [2.24, 2.45) is 33.5 Å². The number of aliphatic hydroxyl groups excluding tert-OH is 2. The number of carbonyl (C=O) groups is 1. The number of aliphatic hydroxyl groups is 3. The van der Waals surface area contributed by atoms with E-state index in [0.29, 0.717) is 49.6 Å². The van der Waals surface area contributed by atoms with Gasteiger partial charge in [-0.3, -0.25) is 9.69 Å². The van der Waals surface area contributed by atoms with Crippen LogP contribution in [0.5, 0.6) is 11.5 Å². The Hall–Kier alpha value is -4.57. The van der Waals surface area contributed by atoms with Crippen LogP contribution in [-0.4, -0.2) is 77.7 Å². The highest BCUT2D eigenvalue weighted by Crippen LogP contribution is 2.78. The molecule has 2 spiro atoms. The summed E-state index contributed by atoms with van der Waals surface area (Å²) >= 11 is 0. The maximum absolute atomic E-state index is 15.3. The molecule has 2 bridgehead atoms. The minimum absolute atomic E-state index is 0.00716. The van der Waals surface area contributed by atoms with Gasteiger partial charge in [0.25, 0.3) is 0 Å². The van der Waals surface area contributed by atoms with E-state index in [1.54, 1.807) is 14.2 Å². The fraction of sp³-hybridized carbons (Fsp3) is 0.463. The number of carbonyl (C=O) groups excluding carboxylic acids is 1. The first-order valence-corrected chi connectivity index (χ1v) is 22.6. The average molecular weight is 838 g/mol. The van der Waals surface area contributed by atoms with Crippen LogP contribution in [0.3, 0.4) is 0 Å². The maximum atomic E-state index is 15.3. The lowest BCUT2D eigenvalue weighted by atomic mass is 9.32. The van der Waals surface area contributed by atoms with Crippen molar-refractivity contribution < 1.29 is 34.3 Å². The van der Waals surface area contributed by atoms with Crippen molar-refractivity contribution in [2.45, 2.75) is 89.8 Å². The Morgan fingerprint density at radius 1 is 0.806 bits per heavy atom. The third kappa shape index (κ3) is 7.07. The van der Waals surface area contributed by atoms with Crippen LogP contribution in [-0.2, 0) is 17.9 Å². The quantitative estimate of drug-likeness (QED) is 0.0804. The van der Waals surface area contributed by atoms with Crippen molar-refractivity contribution in [2.75, 3.05) is 33.9 Å². The van der Waals surface area contributed by atoms with Crippen LogP contribution in [0, 0.1) is 33.5 Å². The molecule has 326 valence electrons. The SMILES string of the molecule is COc1ccc(CN(CC(O)COCc2ccccc2)CC2(O)CCC3C45C=CC6(C=C4C(=O)c4ccc(-c7ccccc7)cc4)CC(O)CCC6(C)C5CCC32C)c(OC)c1. The lowest BCUT2D eigenvalue weighted by molar-refractivity contribution is -0.177. The Labute approximate surface area is 367 Å². The molecule has 3 fully saturated rings. The van der Waals surface area contributed by atoms with Crippen molar-refractivity contribution in [3.63, 3.8) is 0 Å². The molecule has 4 aromatic carbocycles. The highest BCUT2D eigenvalue weighted by molar-refractivity contribution is 6.10. The highest BCUT2D eigenvalue weighted by Gasteiger charge is 2.74. The number of hydrogen-bond acceptors (Lipinski definition) is 8. The summed E-state index contributed by atoms with van der Waals surface area (Å²) in [4.78, 5) is 17.5. The van der Waals surface area contributed by atoms with Gasteiger partial charge in [-0.25, -0.2) is 0 Å². The summed E-state index contributed by atoms with van der Waals surface area (Å²) in [6, 6.07) is 34.0. The average Bonchev–Trinajstić information content (AvgIpc) is 3.56. The van der Waals surface area contributed by atoms with Crippen molar-refractivity contribution >= 4 is 5.78 Å². The third-order valence-corrected chi connectivity index (χ3v) is 16.5. The number of benzene rings is 4. The fourth-order valence-electron chi connectivity index (χ4n) is 13.2. The van der Waals surface area contributed by atoms with E-state index in [2.05, 4.69) is 61.2 Å². The van der Waals surface area contributed by atoms with Crippen LogP contribution in [0.4, 0.5) is 0 Å². The lowest BCUT2D eigenvalue weighted by Crippen LogP contribution is -2.67. The van der Waals surface area contributed by atoms with Crippen LogP contribution >= 0.6 is 0 Å². The van der Waals surface area contributed by atoms with Crippen LogP contribution in [0.1, 0.15) is 80.3 Å². The van der Waals surface area contributed by atoms with Gasteiger partial charge in [-0.1, -0.05) is 123 Å². The molecule has 4 aromatic rings. The number of ketones is 1. The molecule has 62 heavy (non-hydrogen) atoms. The van der Waals surface area contributed by atoms with E-state index in [4.69, 9.17) is 14.2 Å². The molecule has 10 rings (SSSR count). The van der Waals surface area contributed by atoms with Crippen molar-refractivity contribution in [1.82, 2.24) is 4.90 Å². The Morgan fingerprint density at radius 2 is 1.48 bits per heavy atom. The van der Waals surface area contributed by atoms with Crippen molar-refractivity contribution in [1.29, 1.82) is 0 Å². The van der Waals surface area contributed by atoms with Gasteiger partial charge in [0.05, 0.1) is 45.2 Å². The summed E-state index contributed by atoms with van der Waals surface area (Å²) in [6.45, 7) is 6.29. The van der Waals surface area contributed by atoms with Gasteiger partial charge >= 0.3 is 0 Å². The molecule has 8 heteroatoms. The van der Waals surface area contributed by atoms with E-state index in [-0.39, 0.29) is 36.2 Å². The fourth-order valence-corrected chi connectivity index (χ4v) is 13.2. The van der Waals surface area contributed by atoms with Gasteiger partial charge in [-0.05, 0) is 85.0 Å². The van der Waals surface area contributed by atoms with Gasteiger partial charge in [-0.2, -0.15) is 0 Å². The number of hydrogen-bond donors (Lipinski definition) is 3. The van der Waals surface area contributed by atoms with E-state index >= 15 is 4.79 Å². The number of Topliss-reactive ketones (excluding diaryl/α,β-unsaturated/α-hetero) is 1. The molecule has 3 N–H and O–H groups in total. The van der Waals surface area contributed by atoms with Crippen LogP contribution in [0.15, 0.2) is 127 Å². The molecule has 0 saturated heterocycles.